The molecule has 27 heavy (non-hydrogen) atoms. The summed E-state index contributed by atoms with van der Waals surface area (Å²) in [6.07, 6.45) is 0. The molecule has 0 saturated heterocycles. The van der Waals surface area contributed by atoms with Crippen molar-refractivity contribution in [1.29, 1.82) is 0 Å². The lowest BCUT2D eigenvalue weighted by molar-refractivity contribution is -0.115. The minimum Gasteiger partial charge on any atom is -0.411 e. The van der Waals surface area contributed by atoms with Gasteiger partial charge in [0.25, 0.3) is 5.22 Å². The largest absolute Gasteiger partial charge is 0.411 e. The van der Waals surface area contributed by atoms with Crippen LogP contribution in [0.4, 0.5) is 5.69 Å². The molecular weight excluding hydrogens is 362 g/mol. The average molecular weight is 381 g/mol. The standard InChI is InChI=1S/C20H19N3O3S/c1-12-4-6-16(7-5-12)19-22-23-20(26-19)27-14(3)18(25)21-17-10-8-15(9-11-17)13(2)24/h4-11,14H,1-3H3,(H,21,25)/t14-/m0/s1. The summed E-state index contributed by atoms with van der Waals surface area (Å²) in [7, 11) is 0. The van der Waals surface area contributed by atoms with Crippen molar-refractivity contribution in [3.8, 4) is 11.5 Å². The van der Waals surface area contributed by atoms with E-state index in [1.165, 1.54) is 18.7 Å². The van der Waals surface area contributed by atoms with Crippen LogP contribution in [0.1, 0.15) is 29.8 Å². The van der Waals surface area contributed by atoms with Crippen LogP contribution in [0.3, 0.4) is 0 Å². The van der Waals surface area contributed by atoms with Crippen LogP contribution >= 0.6 is 11.8 Å². The molecule has 1 atom stereocenters. The van der Waals surface area contributed by atoms with Gasteiger partial charge in [-0.3, -0.25) is 9.59 Å². The lowest BCUT2D eigenvalue weighted by Crippen LogP contribution is -2.22. The molecular formula is C20H19N3O3S. The summed E-state index contributed by atoms with van der Waals surface area (Å²) >= 11 is 1.19. The summed E-state index contributed by atoms with van der Waals surface area (Å²) in [5.41, 5.74) is 3.21. The van der Waals surface area contributed by atoms with Crippen molar-refractivity contribution in [3.05, 3.63) is 59.7 Å². The van der Waals surface area contributed by atoms with E-state index in [9.17, 15) is 9.59 Å². The molecule has 3 aromatic rings. The van der Waals surface area contributed by atoms with Gasteiger partial charge in [-0.2, -0.15) is 0 Å². The van der Waals surface area contributed by atoms with Crippen LogP contribution in [0.15, 0.2) is 58.2 Å². The van der Waals surface area contributed by atoms with Gasteiger partial charge in [0.1, 0.15) is 0 Å². The van der Waals surface area contributed by atoms with Gasteiger partial charge in [-0.1, -0.05) is 29.5 Å². The number of carbonyl (C=O) groups excluding carboxylic acids is 2. The topological polar surface area (TPSA) is 85.1 Å². The highest BCUT2D eigenvalue weighted by Gasteiger charge is 2.19. The van der Waals surface area contributed by atoms with Gasteiger partial charge in [0, 0.05) is 16.8 Å². The van der Waals surface area contributed by atoms with Crippen molar-refractivity contribution >= 4 is 29.1 Å². The van der Waals surface area contributed by atoms with E-state index >= 15 is 0 Å². The molecule has 0 fully saturated rings. The molecule has 1 heterocycles. The molecule has 0 radical (unpaired) electrons. The van der Waals surface area contributed by atoms with Gasteiger partial charge in [0.15, 0.2) is 5.78 Å². The van der Waals surface area contributed by atoms with Gasteiger partial charge in [-0.15, -0.1) is 10.2 Å². The van der Waals surface area contributed by atoms with Gasteiger partial charge >= 0.3 is 0 Å². The molecule has 0 spiro atoms. The molecule has 0 aliphatic rings. The van der Waals surface area contributed by atoms with Gasteiger partial charge in [-0.25, -0.2) is 0 Å². The molecule has 1 amide bonds. The van der Waals surface area contributed by atoms with Crippen molar-refractivity contribution in [3.63, 3.8) is 0 Å². The monoisotopic (exact) mass is 381 g/mol. The quantitative estimate of drug-likeness (QED) is 0.504. The number of benzene rings is 2. The number of thioether (sulfide) groups is 1. The first kappa shape index (κ1) is 18.8. The zero-order chi connectivity index (χ0) is 19.4. The van der Waals surface area contributed by atoms with Gasteiger partial charge in [0.05, 0.1) is 5.25 Å². The Kier molecular flexibility index (Phi) is 5.71. The summed E-state index contributed by atoms with van der Waals surface area (Å²) in [5, 5.41) is 10.8. The fourth-order valence-corrected chi connectivity index (χ4v) is 2.99. The summed E-state index contributed by atoms with van der Waals surface area (Å²) in [6, 6.07) is 14.5. The number of nitrogens with one attached hydrogen (secondary N) is 1. The molecule has 2 aromatic carbocycles. The SMILES string of the molecule is CC(=O)c1ccc(NC(=O)[C@H](C)Sc2nnc(-c3ccc(C)cc3)o2)cc1. The van der Waals surface area contributed by atoms with E-state index in [0.717, 1.165) is 11.1 Å². The Morgan fingerprint density at radius 2 is 1.70 bits per heavy atom. The minimum atomic E-state index is -0.427. The fraction of sp³-hybridized carbons (Fsp3) is 0.200. The van der Waals surface area contributed by atoms with Crippen LogP contribution in [0.5, 0.6) is 0 Å². The maximum atomic E-state index is 12.4. The Morgan fingerprint density at radius 3 is 2.33 bits per heavy atom. The molecule has 138 valence electrons. The van der Waals surface area contributed by atoms with Crippen LogP contribution in [0.25, 0.3) is 11.5 Å². The first-order valence-electron chi connectivity index (χ1n) is 8.41. The van der Waals surface area contributed by atoms with E-state index in [2.05, 4.69) is 15.5 Å². The molecule has 0 unspecified atom stereocenters. The van der Waals surface area contributed by atoms with Gasteiger partial charge < -0.3 is 9.73 Å². The second-order valence-electron chi connectivity index (χ2n) is 6.12. The van der Waals surface area contributed by atoms with Crippen molar-refractivity contribution in [2.45, 2.75) is 31.2 Å². The molecule has 0 bridgehead atoms. The smallest absolute Gasteiger partial charge is 0.277 e. The van der Waals surface area contributed by atoms with Gasteiger partial charge in [-0.05, 0) is 57.2 Å². The first-order valence-corrected chi connectivity index (χ1v) is 9.29. The summed E-state index contributed by atoms with van der Waals surface area (Å²) in [5.74, 6) is 0.216. The third-order valence-corrected chi connectivity index (χ3v) is 4.85. The Hall–Kier alpha value is -2.93. The van der Waals surface area contributed by atoms with Crippen molar-refractivity contribution in [2.24, 2.45) is 0 Å². The molecule has 1 aromatic heterocycles. The third kappa shape index (κ3) is 4.83. The molecule has 0 saturated carbocycles. The van der Waals surface area contributed by atoms with E-state index in [-0.39, 0.29) is 11.7 Å². The molecule has 1 N–H and O–H groups in total. The number of hydrogen-bond acceptors (Lipinski definition) is 6. The number of rotatable bonds is 6. The van der Waals surface area contributed by atoms with Crippen LogP contribution in [0, 0.1) is 6.92 Å². The second kappa shape index (κ2) is 8.18. The highest BCUT2D eigenvalue weighted by atomic mass is 32.2. The highest BCUT2D eigenvalue weighted by Crippen LogP contribution is 2.27. The highest BCUT2D eigenvalue weighted by molar-refractivity contribution is 8.00. The van der Waals surface area contributed by atoms with E-state index in [0.29, 0.717) is 22.4 Å². The number of anilines is 1. The fourth-order valence-electron chi connectivity index (χ4n) is 2.31. The normalized spacial score (nSPS) is 11.8. The molecule has 0 aliphatic carbocycles. The Labute approximate surface area is 161 Å². The summed E-state index contributed by atoms with van der Waals surface area (Å²) in [4.78, 5) is 23.7. The minimum absolute atomic E-state index is 0.0161. The van der Waals surface area contributed by atoms with Gasteiger partial charge in [0.2, 0.25) is 11.8 Å². The zero-order valence-electron chi connectivity index (χ0n) is 15.2. The van der Waals surface area contributed by atoms with Crippen molar-refractivity contribution in [1.82, 2.24) is 10.2 Å². The molecule has 3 rings (SSSR count). The number of ketones is 1. The average Bonchev–Trinajstić information content (AvgIpc) is 3.11. The number of aryl methyl sites for hydroxylation is 1. The second-order valence-corrected chi connectivity index (χ2v) is 7.41. The van der Waals surface area contributed by atoms with Crippen LogP contribution < -0.4 is 5.32 Å². The summed E-state index contributed by atoms with van der Waals surface area (Å²) < 4.78 is 5.65. The third-order valence-electron chi connectivity index (χ3n) is 3.91. The number of Topliss-reactive ketones (excluding diaryl/α,β-unsaturated/α-hetero) is 1. The maximum Gasteiger partial charge on any atom is 0.277 e. The van der Waals surface area contributed by atoms with Crippen molar-refractivity contribution in [2.75, 3.05) is 5.32 Å². The number of hydrogen-bond donors (Lipinski definition) is 1. The molecule has 7 heteroatoms. The zero-order valence-corrected chi connectivity index (χ0v) is 16.0. The molecule has 6 nitrogen and oxygen atoms in total. The first-order chi connectivity index (χ1) is 12.9. The maximum absolute atomic E-state index is 12.4. The lowest BCUT2D eigenvalue weighted by atomic mass is 10.1. The van der Waals surface area contributed by atoms with Crippen LogP contribution in [0.2, 0.25) is 0 Å². The molecule has 0 aliphatic heterocycles. The van der Waals surface area contributed by atoms with E-state index in [1.54, 1.807) is 31.2 Å². The number of carbonyl (C=O) groups is 2. The Balaban J connectivity index is 1.61. The Morgan fingerprint density at radius 1 is 1.04 bits per heavy atom. The van der Waals surface area contributed by atoms with E-state index < -0.39 is 5.25 Å². The van der Waals surface area contributed by atoms with Crippen LogP contribution in [-0.4, -0.2) is 27.1 Å². The van der Waals surface area contributed by atoms with Crippen LogP contribution in [-0.2, 0) is 4.79 Å². The predicted molar refractivity (Wildman–Crippen MR) is 105 cm³/mol. The van der Waals surface area contributed by atoms with E-state index in [1.807, 2.05) is 31.2 Å². The summed E-state index contributed by atoms with van der Waals surface area (Å²) in [6.45, 7) is 5.27. The Bertz CT molecular complexity index is 949. The van der Waals surface area contributed by atoms with E-state index in [4.69, 9.17) is 4.42 Å². The van der Waals surface area contributed by atoms with Crippen molar-refractivity contribution < 1.29 is 14.0 Å². The number of aromatic nitrogens is 2. The number of nitrogens with zero attached hydrogens (tertiary/aromatic N) is 2. The lowest BCUT2D eigenvalue weighted by Gasteiger charge is -2.10. The predicted octanol–water partition coefficient (Wildman–Crippen LogP) is 4.37. The number of amides is 1.